The molecule has 0 amide bonds. The van der Waals surface area contributed by atoms with Crippen molar-refractivity contribution in [3.8, 4) is 11.5 Å². The number of nitrogens with zero attached hydrogens (tertiary/aromatic N) is 3. The quantitative estimate of drug-likeness (QED) is 0.814. The molecule has 1 aliphatic rings. The summed E-state index contributed by atoms with van der Waals surface area (Å²) in [6.07, 6.45) is 1.86. The molecular formula is C19H25N3O2. The van der Waals surface area contributed by atoms with E-state index in [9.17, 15) is 0 Å². The zero-order chi connectivity index (χ0) is 16.8. The summed E-state index contributed by atoms with van der Waals surface area (Å²) >= 11 is 0. The third kappa shape index (κ3) is 4.24. The van der Waals surface area contributed by atoms with Crippen molar-refractivity contribution in [2.45, 2.75) is 13.1 Å². The molecule has 1 aromatic carbocycles. The number of methoxy groups -OCH3 is 2. The Bertz CT molecular complexity index is 640. The zero-order valence-corrected chi connectivity index (χ0v) is 14.4. The molecule has 0 bridgehead atoms. The molecule has 0 N–H and O–H groups in total. The van der Waals surface area contributed by atoms with E-state index in [1.54, 1.807) is 14.2 Å². The molecule has 5 heteroatoms. The average Bonchev–Trinajstić information content (AvgIpc) is 2.64. The Morgan fingerprint density at radius 1 is 0.917 bits per heavy atom. The zero-order valence-electron chi connectivity index (χ0n) is 14.4. The highest BCUT2D eigenvalue weighted by Gasteiger charge is 2.18. The van der Waals surface area contributed by atoms with Crippen molar-refractivity contribution in [1.29, 1.82) is 0 Å². The molecule has 3 rings (SSSR count). The van der Waals surface area contributed by atoms with Gasteiger partial charge in [0.05, 0.1) is 19.9 Å². The van der Waals surface area contributed by atoms with Crippen molar-refractivity contribution in [1.82, 2.24) is 14.8 Å². The first-order valence-corrected chi connectivity index (χ1v) is 8.34. The van der Waals surface area contributed by atoms with Crippen molar-refractivity contribution in [2.75, 3.05) is 40.4 Å². The highest BCUT2D eigenvalue weighted by molar-refractivity contribution is 5.40. The molecular weight excluding hydrogens is 302 g/mol. The van der Waals surface area contributed by atoms with Crippen molar-refractivity contribution in [2.24, 2.45) is 0 Å². The highest BCUT2D eigenvalue weighted by atomic mass is 16.5. The lowest BCUT2D eigenvalue weighted by molar-refractivity contribution is 0.120. The number of hydrogen-bond donors (Lipinski definition) is 0. The van der Waals surface area contributed by atoms with Gasteiger partial charge in [0, 0.05) is 57.1 Å². The van der Waals surface area contributed by atoms with Crippen molar-refractivity contribution in [3.05, 3.63) is 53.9 Å². The Morgan fingerprint density at radius 2 is 1.67 bits per heavy atom. The Labute approximate surface area is 143 Å². The van der Waals surface area contributed by atoms with Crippen LogP contribution in [-0.4, -0.2) is 55.2 Å². The minimum absolute atomic E-state index is 0.829. The van der Waals surface area contributed by atoms with Gasteiger partial charge < -0.3 is 9.47 Å². The summed E-state index contributed by atoms with van der Waals surface area (Å²) in [7, 11) is 3.39. The van der Waals surface area contributed by atoms with Gasteiger partial charge in [0.25, 0.3) is 0 Å². The molecule has 1 aromatic heterocycles. The fraction of sp³-hybridized carbons (Fsp3) is 0.421. The largest absolute Gasteiger partial charge is 0.497 e. The second-order valence-corrected chi connectivity index (χ2v) is 6.05. The summed E-state index contributed by atoms with van der Waals surface area (Å²) in [5.74, 6) is 1.72. The summed E-state index contributed by atoms with van der Waals surface area (Å²) in [6, 6.07) is 12.1. The summed E-state index contributed by atoms with van der Waals surface area (Å²) in [4.78, 5) is 9.35. The monoisotopic (exact) mass is 327 g/mol. The van der Waals surface area contributed by atoms with Gasteiger partial charge in [0.15, 0.2) is 0 Å². The summed E-state index contributed by atoms with van der Waals surface area (Å²) in [5.41, 5.74) is 2.35. The van der Waals surface area contributed by atoms with Crippen molar-refractivity contribution < 1.29 is 9.47 Å². The SMILES string of the molecule is COc1ccc(CN2CCN(Cc3ccccn3)CC2)c(OC)c1. The van der Waals surface area contributed by atoms with Crippen LogP contribution in [-0.2, 0) is 13.1 Å². The highest BCUT2D eigenvalue weighted by Crippen LogP contribution is 2.26. The Morgan fingerprint density at radius 3 is 2.29 bits per heavy atom. The number of piperazine rings is 1. The van der Waals surface area contributed by atoms with E-state index >= 15 is 0 Å². The summed E-state index contributed by atoms with van der Waals surface area (Å²) < 4.78 is 10.8. The minimum Gasteiger partial charge on any atom is -0.497 e. The van der Waals surface area contributed by atoms with Crippen LogP contribution in [0.3, 0.4) is 0 Å². The number of ether oxygens (including phenoxy) is 2. The van der Waals surface area contributed by atoms with Crippen molar-refractivity contribution in [3.63, 3.8) is 0 Å². The Kier molecular flexibility index (Phi) is 5.67. The van der Waals surface area contributed by atoms with Crippen LogP contribution in [0.1, 0.15) is 11.3 Å². The maximum atomic E-state index is 5.50. The van der Waals surface area contributed by atoms with Crippen LogP contribution in [0.5, 0.6) is 11.5 Å². The fourth-order valence-electron chi connectivity index (χ4n) is 3.05. The lowest BCUT2D eigenvalue weighted by atomic mass is 10.1. The van der Waals surface area contributed by atoms with E-state index in [2.05, 4.69) is 33.0 Å². The molecule has 1 fully saturated rings. The van der Waals surface area contributed by atoms with Gasteiger partial charge in [-0.1, -0.05) is 12.1 Å². The first-order chi connectivity index (χ1) is 11.8. The molecule has 1 aliphatic heterocycles. The topological polar surface area (TPSA) is 37.8 Å². The van der Waals surface area contributed by atoms with Gasteiger partial charge in [0.1, 0.15) is 11.5 Å². The number of benzene rings is 1. The molecule has 0 spiro atoms. The normalized spacial score (nSPS) is 16.1. The predicted octanol–water partition coefficient (Wildman–Crippen LogP) is 2.42. The minimum atomic E-state index is 0.829. The van der Waals surface area contributed by atoms with Crippen LogP contribution < -0.4 is 9.47 Å². The van der Waals surface area contributed by atoms with E-state index in [4.69, 9.17) is 9.47 Å². The average molecular weight is 327 g/mol. The predicted molar refractivity (Wildman–Crippen MR) is 94.3 cm³/mol. The molecule has 1 saturated heterocycles. The van der Waals surface area contributed by atoms with Gasteiger partial charge in [0.2, 0.25) is 0 Å². The molecule has 2 aromatic rings. The molecule has 128 valence electrons. The van der Waals surface area contributed by atoms with Crippen LogP contribution >= 0.6 is 0 Å². The molecule has 24 heavy (non-hydrogen) atoms. The number of hydrogen-bond acceptors (Lipinski definition) is 5. The van der Waals surface area contributed by atoms with Crippen molar-refractivity contribution >= 4 is 0 Å². The fourth-order valence-corrected chi connectivity index (χ4v) is 3.05. The number of rotatable bonds is 6. The van der Waals surface area contributed by atoms with Crippen LogP contribution in [0.4, 0.5) is 0 Å². The standard InChI is InChI=1S/C19H25N3O2/c1-23-18-7-6-16(19(13-18)24-2)14-21-9-11-22(12-10-21)15-17-5-3-4-8-20-17/h3-8,13H,9-12,14-15H2,1-2H3. The summed E-state index contributed by atoms with van der Waals surface area (Å²) in [5, 5.41) is 0. The van der Waals surface area contributed by atoms with Gasteiger partial charge in [-0.25, -0.2) is 0 Å². The van der Waals surface area contributed by atoms with Gasteiger partial charge in [-0.2, -0.15) is 0 Å². The lowest BCUT2D eigenvalue weighted by Crippen LogP contribution is -2.45. The van der Waals surface area contributed by atoms with E-state index in [1.807, 2.05) is 24.4 Å². The van der Waals surface area contributed by atoms with Crippen LogP contribution in [0.2, 0.25) is 0 Å². The van der Waals surface area contributed by atoms with E-state index in [1.165, 1.54) is 5.56 Å². The number of aromatic nitrogens is 1. The number of pyridine rings is 1. The van der Waals surface area contributed by atoms with E-state index in [0.29, 0.717) is 0 Å². The molecule has 0 atom stereocenters. The molecule has 0 unspecified atom stereocenters. The molecule has 5 nitrogen and oxygen atoms in total. The maximum Gasteiger partial charge on any atom is 0.127 e. The Balaban J connectivity index is 1.54. The van der Waals surface area contributed by atoms with Gasteiger partial charge >= 0.3 is 0 Å². The van der Waals surface area contributed by atoms with Crippen LogP contribution in [0, 0.1) is 0 Å². The van der Waals surface area contributed by atoms with Gasteiger partial charge in [-0.05, 0) is 18.2 Å². The van der Waals surface area contributed by atoms with Gasteiger partial charge in [-0.3, -0.25) is 14.8 Å². The third-order valence-electron chi connectivity index (χ3n) is 4.46. The van der Waals surface area contributed by atoms with E-state index < -0.39 is 0 Å². The first kappa shape index (κ1) is 16.7. The second-order valence-electron chi connectivity index (χ2n) is 6.05. The van der Waals surface area contributed by atoms with E-state index in [0.717, 1.165) is 56.5 Å². The lowest BCUT2D eigenvalue weighted by Gasteiger charge is -2.34. The molecule has 2 heterocycles. The van der Waals surface area contributed by atoms with Crippen LogP contribution in [0.25, 0.3) is 0 Å². The molecule has 0 aliphatic carbocycles. The molecule has 0 radical (unpaired) electrons. The Hall–Kier alpha value is -2.11. The van der Waals surface area contributed by atoms with Gasteiger partial charge in [-0.15, -0.1) is 0 Å². The first-order valence-electron chi connectivity index (χ1n) is 8.34. The molecule has 0 saturated carbocycles. The van der Waals surface area contributed by atoms with Crippen LogP contribution in [0.15, 0.2) is 42.6 Å². The summed E-state index contributed by atoms with van der Waals surface area (Å²) in [6.45, 7) is 6.08. The second kappa shape index (κ2) is 8.13. The third-order valence-corrected chi connectivity index (χ3v) is 4.46. The maximum absolute atomic E-state index is 5.50. The smallest absolute Gasteiger partial charge is 0.127 e. The van der Waals surface area contributed by atoms with E-state index in [-0.39, 0.29) is 0 Å².